The van der Waals surface area contributed by atoms with Gasteiger partial charge in [0.15, 0.2) is 5.82 Å². The standard InChI is InChI=1S/C24H25F3N3O2PS/c1-4-34-30-19-7-5-6-14(20(19)26)11-15-12-16(24(31)29-32-3)22(23(33)21(15)27)28-18-9-8-13(2)10-17(18)25/h5-10,12,28,30H,4,11,33H2,1-3H3,(H,29,31). The van der Waals surface area contributed by atoms with E-state index in [0.717, 1.165) is 5.75 Å². The Bertz CT molecular complexity index is 1210. The van der Waals surface area contributed by atoms with Crippen LogP contribution in [0, 0.1) is 24.4 Å². The Kier molecular flexibility index (Phi) is 8.83. The van der Waals surface area contributed by atoms with Crippen molar-refractivity contribution in [3.05, 3.63) is 82.2 Å². The van der Waals surface area contributed by atoms with Gasteiger partial charge in [0, 0.05) is 17.5 Å². The zero-order valence-corrected chi connectivity index (χ0v) is 20.9. The summed E-state index contributed by atoms with van der Waals surface area (Å²) in [5.74, 6) is -1.64. The molecule has 3 aromatic carbocycles. The Hall–Kier alpha value is -2.74. The molecule has 3 N–H and O–H groups in total. The minimum atomic E-state index is -0.669. The van der Waals surface area contributed by atoms with E-state index in [1.165, 1.54) is 37.3 Å². The molecule has 0 heterocycles. The molecule has 0 saturated carbocycles. The lowest BCUT2D eigenvalue weighted by atomic mass is 9.99. The van der Waals surface area contributed by atoms with Gasteiger partial charge in [-0.05, 0) is 47.9 Å². The van der Waals surface area contributed by atoms with E-state index in [-0.39, 0.29) is 39.8 Å². The molecule has 0 radical (unpaired) electrons. The molecule has 1 unspecified atom stereocenters. The second kappa shape index (κ2) is 11.6. The molecule has 3 rings (SSSR count). The van der Waals surface area contributed by atoms with E-state index in [9.17, 15) is 13.6 Å². The molecule has 1 atom stereocenters. The topological polar surface area (TPSA) is 62.4 Å². The molecule has 0 spiro atoms. The SMILES string of the molecule is CCSNc1cccc(Cc2cc(C(=O)NOC)c(Nc3ccc(C)cc3F)c(P)c2F)c1F. The van der Waals surface area contributed by atoms with Crippen LogP contribution in [0.5, 0.6) is 0 Å². The average molecular weight is 508 g/mol. The van der Waals surface area contributed by atoms with E-state index >= 15 is 4.39 Å². The van der Waals surface area contributed by atoms with E-state index in [1.54, 1.807) is 31.2 Å². The molecule has 0 aliphatic rings. The van der Waals surface area contributed by atoms with Crippen molar-refractivity contribution in [2.24, 2.45) is 0 Å². The van der Waals surface area contributed by atoms with Gasteiger partial charge in [-0.15, -0.1) is 9.24 Å². The number of rotatable bonds is 9. The van der Waals surface area contributed by atoms with Crippen LogP contribution in [0.2, 0.25) is 0 Å². The first-order valence-electron chi connectivity index (χ1n) is 10.4. The fraction of sp³-hybridized carbons (Fsp3) is 0.208. The third-order valence-corrected chi connectivity index (χ3v) is 6.18. The minimum absolute atomic E-state index is 0.00922. The van der Waals surface area contributed by atoms with Crippen LogP contribution in [0.25, 0.3) is 0 Å². The summed E-state index contributed by atoms with van der Waals surface area (Å²) in [4.78, 5) is 17.4. The number of carbonyl (C=O) groups excluding carboxylic acids is 1. The Morgan fingerprint density at radius 3 is 2.50 bits per heavy atom. The second-order valence-corrected chi connectivity index (χ2v) is 9.07. The van der Waals surface area contributed by atoms with E-state index in [0.29, 0.717) is 11.3 Å². The van der Waals surface area contributed by atoms with Crippen LogP contribution in [0.4, 0.5) is 30.2 Å². The molecule has 0 bridgehead atoms. The second-order valence-electron chi connectivity index (χ2n) is 7.42. The van der Waals surface area contributed by atoms with Crippen molar-refractivity contribution in [3.8, 4) is 0 Å². The first-order chi connectivity index (χ1) is 16.3. The summed E-state index contributed by atoms with van der Waals surface area (Å²) in [5.41, 5.74) is 3.71. The number of halogens is 3. The fourth-order valence-electron chi connectivity index (χ4n) is 3.33. The number of hydrogen-bond donors (Lipinski definition) is 3. The molecule has 0 aliphatic carbocycles. The van der Waals surface area contributed by atoms with Crippen molar-refractivity contribution in [2.75, 3.05) is 22.9 Å². The lowest BCUT2D eigenvalue weighted by Gasteiger charge is -2.18. The summed E-state index contributed by atoms with van der Waals surface area (Å²) in [6, 6.07) is 10.7. The molecule has 5 nitrogen and oxygen atoms in total. The molecule has 0 aromatic heterocycles. The lowest BCUT2D eigenvalue weighted by Crippen LogP contribution is -2.26. The molecule has 10 heteroatoms. The quantitative estimate of drug-likeness (QED) is 0.199. The van der Waals surface area contributed by atoms with Crippen LogP contribution >= 0.6 is 21.2 Å². The zero-order chi connectivity index (χ0) is 24.8. The number of hydrogen-bond acceptors (Lipinski definition) is 5. The lowest BCUT2D eigenvalue weighted by molar-refractivity contribution is 0.0538. The summed E-state index contributed by atoms with van der Waals surface area (Å²) < 4.78 is 47.8. The van der Waals surface area contributed by atoms with Crippen molar-refractivity contribution in [1.82, 2.24) is 5.48 Å². The van der Waals surface area contributed by atoms with Crippen molar-refractivity contribution >= 4 is 49.5 Å². The van der Waals surface area contributed by atoms with Crippen LogP contribution in [-0.4, -0.2) is 18.8 Å². The number of amides is 1. The van der Waals surface area contributed by atoms with Gasteiger partial charge >= 0.3 is 0 Å². The zero-order valence-electron chi connectivity index (χ0n) is 18.9. The van der Waals surface area contributed by atoms with Gasteiger partial charge in [-0.1, -0.05) is 37.1 Å². The predicted octanol–water partition coefficient (Wildman–Crippen LogP) is 5.62. The number of carbonyl (C=O) groups is 1. The van der Waals surface area contributed by atoms with Gasteiger partial charge in [0.25, 0.3) is 5.91 Å². The first kappa shape index (κ1) is 25.9. The summed E-state index contributed by atoms with van der Waals surface area (Å²) in [6.07, 6.45) is -0.0994. The maximum atomic E-state index is 15.4. The minimum Gasteiger partial charge on any atom is -0.352 e. The highest BCUT2D eigenvalue weighted by Gasteiger charge is 2.22. The maximum absolute atomic E-state index is 15.4. The molecule has 0 saturated heterocycles. The Morgan fingerprint density at radius 2 is 1.82 bits per heavy atom. The van der Waals surface area contributed by atoms with Crippen molar-refractivity contribution in [3.63, 3.8) is 0 Å². The van der Waals surface area contributed by atoms with Gasteiger partial charge < -0.3 is 10.0 Å². The van der Waals surface area contributed by atoms with Crippen LogP contribution in [0.1, 0.15) is 34.0 Å². The van der Waals surface area contributed by atoms with Crippen LogP contribution in [0.15, 0.2) is 42.5 Å². The normalized spacial score (nSPS) is 10.8. The number of benzene rings is 3. The molecule has 0 aliphatic heterocycles. The summed E-state index contributed by atoms with van der Waals surface area (Å²) in [7, 11) is 3.50. The first-order valence-corrected chi connectivity index (χ1v) is 12.0. The van der Waals surface area contributed by atoms with E-state index in [4.69, 9.17) is 4.84 Å². The summed E-state index contributed by atoms with van der Waals surface area (Å²) >= 11 is 1.34. The van der Waals surface area contributed by atoms with Crippen LogP contribution in [0.3, 0.4) is 0 Å². The Labute approximate surface area is 203 Å². The fourth-order valence-corrected chi connectivity index (χ4v) is 4.20. The Balaban J connectivity index is 2.06. The maximum Gasteiger partial charge on any atom is 0.276 e. The van der Waals surface area contributed by atoms with Gasteiger partial charge in [0.1, 0.15) is 11.6 Å². The summed E-state index contributed by atoms with van der Waals surface area (Å²) in [5, 5.41) is 2.82. The van der Waals surface area contributed by atoms with E-state index in [1.807, 2.05) is 6.92 Å². The van der Waals surface area contributed by atoms with Crippen molar-refractivity contribution < 1.29 is 22.8 Å². The van der Waals surface area contributed by atoms with Crippen LogP contribution in [-0.2, 0) is 11.3 Å². The van der Waals surface area contributed by atoms with E-state index in [2.05, 4.69) is 24.8 Å². The monoisotopic (exact) mass is 507 g/mol. The van der Waals surface area contributed by atoms with Crippen molar-refractivity contribution in [1.29, 1.82) is 0 Å². The smallest absolute Gasteiger partial charge is 0.276 e. The molecule has 3 aromatic rings. The highest BCUT2D eigenvalue weighted by atomic mass is 32.2. The largest absolute Gasteiger partial charge is 0.352 e. The third kappa shape index (κ3) is 5.84. The van der Waals surface area contributed by atoms with Gasteiger partial charge in [-0.2, -0.15) is 0 Å². The summed E-state index contributed by atoms with van der Waals surface area (Å²) in [6.45, 7) is 3.67. The Morgan fingerprint density at radius 1 is 1.06 bits per heavy atom. The van der Waals surface area contributed by atoms with Gasteiger partial charge in [0.2, 0.25) is 0 Å². The number of nitrogens with one attached hydrogen (secondary N) is 3. The van der Waals surface area contributed by atoms with Crippen molar-refractivity contribution in [2.45, 2.75) is 20.3 Å². The van der Waals surface area contributed by atoms with Gasteiger partial charge in [-0.3, -0.25) is 9.63 Å². The molecule has 34 heavy (non-hydrogen) atoms. The molecular weight excluding hydrogens is 482 g/mol. The number of aryl methyl sites for hydroxylation is 1. The number of anilines is 3. The molecular formula is C24H25F3N3O2PS. The van der Waals surface area contributed by atoms with E-state index < -0.39 is 23.4 Å². The molecule has 1 amide bonds. The highest BCUT2D eigenvalue weighted by molar-refractivity contribution is 8.00. The molecule has 180 valence electrons. The number of hydroxylamine groups is 1. The average Bonchev–Trinajstić information content (AvgIpc) is 2.80. The predicted molar refractivity (Wildman–Crippen MR) is 136 cm³/mol. The van der Waals surface area contributed by atoms with Gasteiger partial charge in [0.05, 0.1) is 29.7 Å². The molecule has 0 fully saturated rings. The van der Waals surface area contributed by atoms with Gasteiger partial charge in [-0.25, -0.2) is 18.7 Å². The third-order valence-electron chi connectivity index (χ3n) is 4.99. The van der Waals surface area contributed by atoms with Crippen LogP contribution < -0.4 is 20.8 Å². The highest BCUT2D eigenvalue weighted by Crippen LogP contribution is 2.29.